The van der Waals surface area contributed by atoms with E-state index in [-0.39, 0.29) is 0 Å². The van der Waals surface area contributed by atoms with Crippen molar-refractivity contribution in [3.8, 4) is 17.5 Å². The first-order chi connectivity index (χ1) is 8.79. The summed E-state index contributed by atoms with van der Waals surface area (Å²) in [6.45, 7) is 1.94. The molecule has 0 aliphatic rings. The first kappa shape index (κ1) is 10.4. The molecular formula is C13H9N5. The third kappa shape index (κ3) is 1.52. The van der Waals surface area contributed by atoms with Gasteiger partial charge in [-0.1, -0.05) is 6.07 Å². The lowest BCUT2D eigenvalue weighted by Gasteiger charge is -2.04. The summed E-state index contributed by atoms with van der Waals surface area (Å²) in [5.74, 6) is 0. The number of aromatic nitrogens is 4. The van der Waals surface area contributed by atoms with Gasteiger partial charge in [-0.05, 0) is 25.1 Å². The number of nitrogens with zero attached hydrogens (tertiary/aromatic N) is 5. The van der Waals surface area contributed by atoms with Crippen LogP contribution in [0.25, 0.3) is 17.0 Å². The molecule has 0 N–H and O–H groups in total. The molecule has 0 saturated heterocycles. The van der Waals surface area contributed by atoms with Gasteiger partial charge in [-0.25, -0.2) is 9.50 Å². The van der Waals surface area contributed by atoms with Crippen LogP contribution >= 0.6 is 0 Å². The van der Waals surface area contributed by atoms with Crippen LogP contribution in [-0.4, -0.2) is 19.6 Å². The number of aryl methyl sites for hydroxylation is 1. The Morgan fingerprint density at radius 3 is 2.94 bits per heavy atom. The molecule has 0 aliphatic heterocycles. The summed E-state index contributed by atoms with van der Waals surface area (Å²) in [6.07, 6.45) is 3.18. The second-order valence-corrected chi connectivity index (χ2v) is 3.90. The van der Waals surface area contributed by atoms with Crippen LogP contribution < -0.4 is 0 Å². The molecule has 0 fully saturated rings. The van der Waals surface area contributed by atoms with Crippen LogP contribution in [0.2, 0.25) is 0 Å². The largest absolute Gasteiger partial charge is 0.251 e. The average Bonchev–Trinajstić information content (AvgIpc) is 2.81. The van der Waals surface area contributed by atoms with Crippen LogP contribution in [0.5, 0.6) is 0 Å². The third-order valence-electron chi connectivity index (χ3n) is 2.67. The molecule has 0 spiro atoms. The zero-order chi connectivity index (χ0) is 12.5. The molecule has 0 amide bonds. The van der Waals surface area contributed by atoms with E-state index in [4.69, 9.17) is 5.26 Å². The molecule has 0 aromatic carbocycles. The molecule has 5 heteroatoms. The maximum absolute atomic E-state index is 8.97. The minimum Gasteiger partial charge on any atom is -0.251 e. The highest BCUT2D eigenvalue weighted by molar-refractivity contribution is 5.62. The van der Waals surface area contributed by atoms with Crippen LogP contribution in [0, 0.1) is 18.3 Å². The van der Waals surface area contributed by atoms with Crippen LogP contribution in [0.1, 0.15) is 11.3 Å². The Labute approximate surface area is 103 Å². The second kappa shape index (κ2) is 3.93. The van der Waals surface area contributed by atoms with Crippen molar-refractivity contribution in [2.45, 2.75) is 6.92 Å². The predicted molar refractivity (Wildman–Crippen MR) is 65.7 cm³/mol. The van der Waals surface area contributed by atoms with Gasteiger partial charge in [0.15, 0.2) is 5.65 Å². The fourth-order valence-electron chi connectivity index (χ4n) is 1.85. The highest BCUT2D eigenvalue weighted by atomic mass is 15.3. The maximum Gasteiger partial charge on any atom is 0.173 e. The van der Waals surface area contributed by atoms with Crippen molar-refractivity contribution in [3.05, 3.63) is 47.9 Å². The van der Waals surface area contributed by atoms with Gasteiger partial charge in [0.25, 0.3) is 0 Å². The van der Waals surface area contributed by atoms with Crippen molar-refractivity contribution in [2.24, 2.45) is 0 Å². The molecule has 0 unspecified atom stereocenters. The summed E-state index contributed by atoms with van der Waals surface area (Å²) in [6, 6.07) is 9.70. The quantitative estimate of drug-likeness (QED) is 0.646. The molecule has 0 radical (unpaired) electrons. The van der Waals surface area contributed by atoms with E-state index in [0.29, 0.717) is 11.2 Å². The van der Waals surface area contributed by atoms with Gasteiger partial charge in [-0.3, -0.25) is 4.98 Å². The van der Waals surface area contributed by atoms with Crippen molar-refractivity contribution in [1.29, 1.82) is 5.26 Å². The Morgan fingerprint density at radius 2 is 2.17 bits per heavy atom. The number of nitriles is 1. The van der Waals surface area contributed by atoms with E-state index < -0.39 is 0 Å². The van der Waals surface area contributed by atoms with Crippen LogP contribution in [0.15, 0.2) is 36.7 Å². The van der Waals surface area contributed by atoms with Gasteiger partial charge >= 0.3 is 0 Å². The van der Waals surface area contributed by atoms with Crippen LogP contribution in [0.3, 0.4) is 0 Å². The maximum atomic E-state index is 8.97. The summed E-state index contributed by atoms with van der Waals surface area (Å²) < 4.78 is 1.64. The molecule has 3 aromatic heterocycles. The zero-order valence-corrected chi connectivity index (χ0v) is 9.70. The SMILES string of the molecule is Cc1cccc(-c2ccnc3c(C#N)cnn23)n1. The van der Waals surface area contributed by atoms with Crippen molar-refractivity contribution in [1.82, 2.24) is 19.6 Å². The van der Waals surface area contributed by atoms with Crippen molar-refractivity contribution in [3.63, 3.8) is 0 Å². The Morgan fingerprint density at radius 1 is 1.28 bits per heavy atom. The average molecular weight is 235 g/mol. The lowest BCUT2D eigenvalue weighted by molar-refractivity contribution is 0.940. The smallest absolute Gasteiger partial charge is 0.173 e. The van der Waals surface area contributed by atoms with Gasteiger partial charge in [0.05, 0.1) is 17.6 Å². The lowest BCUT2D eigenvalue weighted by atomic mass is 10.2. The molecule has 0 aliphatic carbocycles. The van der Waals surface area contributed by atoms with Crippen LogP contribution in [0.4, 0.5) is 0 Å². The van der Waals surface area contributed by atoms with Crippen LogP contribution in [-0.2, 0) is 0 Å². The van der Waals surface area contributed by atoms with Gasteiger partial charge in [-0.15, -0.1) is 0 Å². The first-order valence-corrected chi connectivity index (χ1v) is 5.46. The highest BCUT2D eigenvalue weighted by Gasteiger charge is 2.10. The number of hydrogen-bond acceptors (Lipinski definition) is 4. The summed E-state index contributed by atoms with van der Waals surface area (Å²) in [7, 11) is 0. The van der Waals surface area contributed by atoms with Gasteiger partial charge in [0.1, 0.15) is 11.6 Å². The minimum atomic E-state index is 0.463. The standard InChI is InChI=1S/C13H9N5/c1-9-3-2-4-11(17-9)12-5-6-15-13-10(7-14)8-16-18(12)13/h2-6,8H,1H3. The third-order valence-corrected chi connectivity index (χ3v) is 2.67. The number of rotatable bonds is 1. The topological polar surface area (TPSA) is 66.9 Å². The summed E-state index contributed by atoms with van der Waals surface area (Å²) >= 11 is 0. The Balaban J connectivity index is 2.31. The zero-order valence-electron chi connectivity index (χ0n) is 9.70. The van der Waals surface area contributed by atoms with E-state index in [1.54, 1.807) is 10.7 Å². The van der Waals surface area contributed by atoms with E-state index in [1.807, 2.05) is 31.2 Å². The molecular weight excluding hydrogens is 226 g/mol. The first-order valence-electron chi connectivity index (χ1n) is 5.46. The lowest BCUT2D eigenvalue weighted by Crippen LogP contribution is -1.97. The fraction of sp³-hybridized carbons (Fsp3) is 0.0769. The van der Waals surface area contributed by atoms with Gasteiger partial charge in [-0.2, -0.15) is 10.4 Å². The number of fused-ring (bicyclic) bond motifs is 1. The van der Waals surface area contributed by atoms with E-state index in [0.717, 1.165) is 17.1 Å². The van der Waals surface area contributed by atoms with Crippen molar-refractivity contribution < 1.29 is 0 Å². The molecule has 18 heavy (non-hydrogen) atoms. The van der Waals surface area contributed by atoms with Gasteiger partial charge in [0, 0.05) is 11.9 Å². The fourth-order valence-corrected chi connectivity index (χ4v) is 1.85. The summed E-state index contributed by atoms with van der Waals surface area (Å²) in [5.41, 5.74) is 3.59. The summed E-state index contributed by atoms with van der Waals surface area (Å²) in [4.78, 5) is 8.63. The minimum absolute atomic E-state index is 0.463. The number of pyridine rings is 1. The predicted octanol–water partition coefficient (Wildman–Crippen LogP) is 1.97. The molecule has 3 rings (SSSR count). The monoisotopic (exact) mass is 235 g/mol. The number of hydrogen-bond donors (Lipinski definition) is 0. The molecule has 0 atom stereocenters. The van der Waals surface area contributed by atoms with Gasteiger partial charge in [0.2, 0.25) is 0 Å². The second-order valence-electron chi connectivity index (χ2n) is 3.90. The Kier molecular flexibility index (Phi) is 2.27. The Bertz CT molecular complexity index is 766. The molecule has 0 saturated carbocycles. The normalized spacial score (nSPS) is 10.4. The molecule has 3 aromatic rings. The van der Waals surface area contributed by atoms with E-state index in [1.165, 1.54) is 6.20 Å². The molecule has 86 valence electrons. The van der Waals surface area contributed by atoms with Gasteiger partial charge < -0.3 is 0 Å². The highest BCUT2D eigenvalue weighted by Crippen LogP contribution is 2.18. The van der Waals surface area contributed by atoms with E-state index in [2.05, 4.69) is 21.1 Å². The molecule has 0 bridgehead atoms. The van der Waals surface area contributed by atoms with E-state index >= 15 is 0 Å². The molecule has 5 nitrogen and oxygen atoms in total. The summed E-state index contributed by atoms with van der Waals surface area (Å²) in [5, 5.41) is 13.2. The Hall–Kier alpha value is -2.74. The molecule has 3 heterocycles. The van der Waals surface area contributed by atoms with Crippen molar-refractivity contribution in [2.75, 3.05) is 0 Å². The van der Waals surface area contributed by atoms with Crippen molar-refractivity contribution >= 4 is 5.65 Å². The van der Waals surface area contributed by atoms with E-state index in [9.17, 15) is 0 Å².